The molecule has 0 spiro atoms. The highest BCUT2D eigenvalue weighted by molar-refractivity contribution is 6.31. The standard InChI is InChI=1S/C16H25ClN2/c1-13(12-19-9-5-6-10-19)11-18-14(2)15-7-3-4-8-16(15)17/h3-4,7-8,13-14,18H,5-6,9-12H2,1-2H3. The summed E-state index contributed by atoms with van der Waals surface area (Å²) in [6, 6.07) is 8.41. The largest absolute Gasteiger partial charge is 0.310 e. The maximum Gasteiger partial charge on any atom is 0.0453 e. The summed E-state index contributed by atoms with van der Waals surface area (Å²) in [5.74, 6) is 0.683. The zero-order valence-corrected chi connectivity index (χ0v) is 12.8. The summed E-state index contributed by atoms with van der Waals surface area (Å²) in [5, 5.41) is 4.46. The van der Waals surface area contributed by atoms with E-state index in [1.165, 1.54) is 38.0 Å². The van der Waals surface area contributed by atoms with Crippen molar-refractivity contribution in [2.45, 2.75) is 32.7 Å². The molecule has 1 heterocycles. The highest BCUT2D eigenvalue weighted by atomic mass is 35.5. The predicted molar refractivity (Wildman–Crippen MR) is 82.7 cm³/mol. The van der Waals surface area contributed by atoms with Gasteiger partial charge in [-0.1, -0.05) is 36.7 Å². The van der Waals surface area contributed by atoms with Crippen molar-refractivity contribution in [2.24, 2.45) is 5.92 Å². The van der Waals surface area contributed by atoms with Crippen LogP contribution < -0.4 is 5.32 Å². The van der Waals surface area contributed by atoms with Gasteiger partial charge in [-0.05, 0) is 56.9 Å². The molecule has 2 unspecified atom stereocenters. The van der Waals surface area contributed by atoms with Crippen LogP contribution in [0.25, 0.3) is 0 Å². The van der Waals surface area contributed by atoms with E-state index in [2.05, 4.69) is 30.1 Å². The van der Waals surface area contributed by atoms with Crippen LogP contribution in [0.4, 0.5) is 0 Å². The highest BCUT2D eigenvalue weighted by Gasteiger charge is 2.15. The number of benzene rings is 1. The molecular weight excluding hydrogens is 256 g/mol. The predicted octanol–water partition coefficient (Wildman–Crippen LogP) is 3.72. The van der Waals surface area contributed by atoms with Crippen LogP contribution in [0.15, 0.2) is 24.3 Å². The molecular formula is C16H25ClN2. The molecule has 2 rings (SSSR count). The second kappa shape index (κ2) is 7.28. The van der Waals surface area contributed by atoms with E-state index in [0.29, 0.717) is 12.0 Å². The topological polar surface area (TPSA) is 15.3 Å². The van der Waals surface area contributed by atoms with Crippen molar-refractivity contribution in [2.75, 3.05) is 26.2 Å². The summed E-state index contributed by atoms with van der Waals surface area (Å²) in [5.41, 5.74) is 1.19. The lowest BCUT2D eigenvalue weighted by atomic mass is 10.1. The van der Waals surface area contributed by atoms with Crippen molar-refractivity contribution in [3.63, 3.8) is 0 Å². The number of likely N-dealkylation sites (tertiary alicyclic amines) is 1. The average molecular weight is 281 g/mol. The lowest BCUT2D eigenvalue weighted by molar-refractivity contribution is 0.279. The van der Waals surface area contributed by atoms with Crippen LogP contribution in [0.3, 0.4) is 0 Å². The van der Waals surface area contributed by atoms with Gasteiger partial charge < -0.3 is 10.2 Å². The molecule has 0 bridgehead atoms. The Labute approximate surface area is 122 Å². The smallest absolute Gasteiger partial charge is 0.0453 e. The number of nitrogens with zero attached hydrogens (tertiary/aromatic N) is 1. The molecule has 3 heteroatoms. The highest BCUT2D eigenvalue weighted by Crippen LogP contribution is 2.22. The molecule has 1 aliphatic heterocycles. The van der Waals surface area contributed by atoms with Crippen LogP contribution in [0, 0.1) is 5.92 Å². The first kappa shape index (κ1) is 14.8. The Kier molecular flexibility index (Phi) is 5.68. The molecule has 0 saturated carbocycles. The van der Waals surface area contributed by atoms with E-state index < -0.39 is 0 Å². The number of halogens is 1. The molecule has 0 amide bonds. The van der Waals surface area contributed by atoms with Crippen LogP contribution in [0.1, 0.15) is 38.3 Å². The normalized spacial score (nSPS) is 19.5. The summed E-state index contributed by atoms with van der Waals surface area (Å²) in [4.78, 5) is 2.58. The second-order valence-corrected chi connectivity index (χ2v) is 6.17. The quantitative estimate of drug-likeness (QED) is 0.854. The maximum absolute atomic E-state index is 6.22. The van der Waals surface area contributed by atoms with Crippen LogP contribution >= 0.6 is 11.6 Å². The fraction of sp³-hybridized carbons (Fsp3) is 0.625. The third kappa shape index (κ3) is 4.48. The zero-order chi connectivity index (χ0) is 13.7. The number of hydrogen-bond donors (Lipinski definition) is 1. The van der Waals surface area contributed by atoms with Crippen LogP contribution in [0.2, 0.25) is 5.02 Å². The third-order valence-corrected chi connectivity index (χ3v) is 4.26. The van der Waals surface area contributed by atoms with Crippen LogP contribution in [-0.2, 0) is 0 Å². The number of rotatable bonds is 6. The molecule has 2 atom stereocenters. The van der Waals surface area contributed by atoms with Crippen molar-refractivity contribution in [1.29, 1.82) is 0 Å². The van der Waals surface area contributed by atoms with Crippen molar-refractivity contribution >= 4 is 11.6 Å². The lowest BCUT2D eigenvalue weighted by Crippen LogP contribution is -2.32. The van der Waals surface area contributed by atoms with E-state index in [0.717, 1.165) is 11.6 Å². The summed E-state index contributed by atoms with van der Waals surface area (Å²) in [7, 11) is 0. The molecule has 1 aliphatic rings. The van der Waals surface area contributed by atoms with Gasteiger partial charge in [0, 0.05) is 17.6 Å². The van der Waals surface area contributed by atoms with Crippen molar-refractivity contribution in [3.8, 4) is 0 Å². The van der Waals surface area contributed by atoms with Crippen molar-refractivity contribution < 1.29 is 0 Å². The fourth-order valence-corrected chi connectivity index (χ4v) is 3.08. The lowest BCUT2D eigenvalue weighted by Gasteiger charge is -2.23. The fourth-order valence-electron chi connectivity index (χ4n) is 2.78. The Morgan fingerprint density at radius 2 is 1.89 bits per heavy atom. The monoisotopic (exact) mass is 280 g/mol. The Morgan fingerprint density at radius 1 is 1.21 bits per heavy atom. The van der Waals surface area contributed by atoms with Gasteiger partial charge in [0.1, 0.15) is 0 Å². The Bertz CT molecular complexity index is 388. The minimum absolute atomic E-state index is 0.315. The Morgan fingerprint density at radius 3 is 2.58 bits per heavy atom. The summed E-state index contributed by atoms with van der Waals surface area (Å²) < 4.78 is 0. The van der Waals surface area contributed by atoms with Gasteiger partial charge in [-0.3, -0.25) is 0 Å². The van der Waals surface area contributed by atoms with E-state index in [4.69, 9.17) is 11.6 Å². The van der Waals surface area contributed by atoms with E-state index in [9.17, 15) is 0 Å². The average Bonchev–Trinajstić information content (AvgIpc) is 2.89. The molecule has 0 aliphatic carbocycles. The van der Waals surface area contributed by atoms with E-state index in [1.807, 2.05) is 18.2 Å². The molecule has 2 nitrogen and oxygen atoms in total. The molecule has 1 aromatic rings. The van der Waals surface area contributed by atoms with Crippen molar-refractivity contribution in [1.82, 2.24) is 10.2 Å². The van der Waals surface area contributed by atoms with Crippen LogP contribution in [0.5, 0.6) is 0 Å². The number of nitrogens with one attached hydrogen (secondary N) is 1. The van der Waals surface area contributed by atoms with Gasteiger partial charge in [0.15, 0.2) is 0 Å². The molecule has 1 N–H and O–H groups in total. The summed E-state index contributed by atoms with van der Waals surface area (Å²) in [6.07, 6.45) is 2.74. The first-order valence-electron chi connectivity index (χ1n) is 7.37. The van der Waals surface area contributed by atoms with E-state index in [1.54, 1.807) is 0 Å². The minimum Gasteiger partial charge on any atom is -0.310 e. The molecule has 0 aromatic heterocycles. The van der Waals surface area contributed by atoms with Gasteiger partial charge in [0.05, 0.1) is 0 Å². The number of hydrogen-bond acceptors (Lipinski definition) is 2. The van der Waals surface area contributed by atoms with E-state index >= 15 is 0 Å². The van der Waals surface area contributed by atoms with Gasteiger partial charge in [0.2, 0.25) is 0 Å². The van der Waals surface area contributed by atoms with E-state index in [-0.39, 0.29) is 0 Å². The molecule has 1 saturated heterocycles. The first-order valence-corrected chi connectivity index (χ1v) is 7.75. The zero-order valence-electron chi connectivity index (χ0n) is 12.0. The molecule has 19 heavy (non-hydrogen) atoms. The molecule has 1 aromatic carbocycles. The molecule has 0 radical (unpaired) electrons. The summed E-state index contributed by atoms with van der Waals surface area (Å²) in [6.45, 7) is 9.33. The first-order chi connectivity index (χ1) is 9.16. The van der Waals surface area contributed by atoms with Gasteiger partial charge in [-0.15, -0.1) is 0 Å². The van der Waals surface area contributed by atoms with Gasteiger partial charge in [-0.2, -0.15) is 0 Å². The van der Waals surface area contributed by atoms with Gasteiger partial charge in [-0.25, -0.2) is 0 Å². The SMILES string of the molecule is CC(CNC(C)c1ccccc1Cl)CN1CCCC1. The molecule has 106 valence electrons. The van der Waals surface area contributed by atoms with Gasteiger partial charge >= 0.3 is 0 Å². The second-order valence-electron chi connectivity index (χ2n) is 5.76. The van der Waals surface area contributed by atoms with Crippen molar-refractivity contribution in [3.05, 3.63) is 34.9 Å². The van der Waals surface area contributed by atoms with Gasteiger partial charge in [0.25, 0.3) is 0 Å². The van der Waals surface area contributed by atoms with Crippen LogP contribution in [-0.4, -0.2) is 31.1 Å². The maximum atomic E-state index is 6.22. The molecule has 1 fully saturated rings. The Balaban J connectivity index is 1.76. The summed E-state index contributed by atoms with van der Waals surface area (Å²) >= 11 is 6.22. The third-order valence-electron chi connectivity index (χ3n) is 3.91. The minimum atomic E-state index is 0.315. The Hall–Kier alpha value is -0.570.